The van der Waals surface area contributed by atoms with Gasteiger partial charge in [0, 0.05) is 11.6 Å². The Hall–Kier alpha value is -1.04. The lowest BCUT2D eigenvalue weighted by Crippen LogP contribution is -2.06. The Bertz CT molecular complexity index is 411. The third-order valence-electron chi connectivity index (χ3n) is 2.80. The van der Waals surface area contributed by atoms with Crippen molar-refractivity contribution in [1.29, 1.82) is 5.26 Å². The molecule has 1 heterocycles. The van der Waals surface area contributed by atoms with Crippen molar-refractivity contribution in [3.8, 4) is 6.07 Å². The van der Waals surface area contributed by atoms with Gasteiger partial charge in [-0.15, -0.1) is 0 Å². The van der Waals surface area contributed by atoms with E-state index in [-0.39, 0.29) is 12.0 Å². The van der Waals surface area contributed by atoms with Crippen LogP contribution in [0.3, 0.4) is 0 Å². The predicted molar refractivity (Wildman–Crippen MR) is 58.6 cm³/mol. The smallest absolute Gasteiger partial charge is 0.0986 e. The summed E-state index contributed by atoms with van der Waals surface area (Å²) in [6, 6.07) is 8.01. The first-order chi connectivity index (χ1) is 7.22. The van der Waals surface area contributed by atoms with Gasteiger partial charge in [0.2, 0.25) is 0 Å². The molecule has 2 atom stereocenters. The van der Waals surface area contributed by atoms with Gasteiger partial charge in [0.15, 0.2) is 0 Å². The summed E-state index contributed by atoms with van der Waals surface area (Å²) in [6.07, 6.45) is 0.746. The van der Waals surface area contributed by atoms with Crippen LogP contribution >= 0.6 is 11.6 Å². The van der Waals surface area contributed by atoms with Gasteiger partial charge in [-0.3, -0.25) is 0 Å². The Morgan fingerprint density at radius 2 is 2.33 bits per heavy atom. The molecule has 1 fully saturated rings. The molecule has 2 unspecified atom stereocenters. The molecule has 2 nitrogen and oxygen atoms in total. The molecular weight excluding hydrogens is 210 g/mol. The maximum atomic E-state index is 8.99. The second kappa shape index (κ2) is 4.22. The second-order valence-corrected chi connectivity index (χ2v) is 4.25. The number of nitrogens with zero attached hydrogens (tertiary/aromatic N) is 1. The van der Waals surface area contributed by atoms with Crippen LogP contribution in [0.1, 0.15) is 23.7 Å². The van der Waals surface area contributed by atoms with Crippen LogP contribution < -0.4 is 0 Å². The lowest BCUT2D eigenvalue weighted by molar-refractivity contribution is 0.100. The van der Waals surface area contributed by atoms with E-state index in [1.54, 1.807) is 0 Å². The standard InChI is InChI=1S/C12H12ClNO/c1-8-6-10(13)2-3-11(8)12-9(7-14)4-5-15-12/h2-3,6,9,12H,4-5H2,1H3. The zero-order chi connectivity index (χ0) is 10.8. The molecule has 1 saturated heterocycles. The van der Waals surface area contributed by atoms with Crippen LogP contribution in [-0.2, 0) is 4.74 Å². The lowest BCUT2D eigenvalue weighted by atomic mass is 9.94. The molecule has 3 heteroatoms. The van der Waals surface area contributed by atoms with E-state index in [1.807, 2.05) is 25.1 Å². The summed E-state index contributed by atoms with van der Waals surface area (Å²) in [5, 5.41) is 9.71. The van der Waals surface area contributed by atoms with E-state index in [9.17, 15) is 0 Å². The number of nitriles is 1. The summed E-state index contributed by atoms with van der Waals surface area (Å²) in [5.41, 5.74) is 2.18. The van der Waals surface area contributed by atoms with Crippen molar-refractivity contribution in [2.75, 3.05) is 6.61 Å². The fourth-order valence-corrected chi connectivity index (χ4v) is 2.21. The molecule has 1 aliphatic rings. The average Bonchev–Trinajstić information content (AvgIpc) is 2.65. The summed E-state index contributed by atoms with van der Waals surface area (Å²) in [6.45, 7) is 2.67. The Morgan fingerprint density at radius 3 is 3.00 bits per heavy atom. The molecule has 0 N–H and O–H groups in total. The summed E-state index contributed by atoms with van der Waals surface area (Å²) in [4.78, 5) is 0. The molecule has 0 aromatic heterocycles. The summed E-state index contributed by atoms with van der Waals surface area (Å²) >= 11 is 5.89. The summed E-state index contributed by atoms with van der Waals surface area (Å²) < 4.78 is 5.60. The topological polar surface area (TPSA) is 33.0 Å². The number of rotatable bonds is 1. The zero-order valence-corrected chi connectivity index (χ0v) is 9.29. The van der Waals surface area contributed by atoms with Crippen molar-refractivity contribution in [2.45, 2.75) is 19.4 Å². The van der Waals surface area contributed by atoms with E-state index in [4.69, 9.17) is 21.6 Å². The van der Waals surface area contributed by atoms with Crippen molar-refractivity contribution < 1.29 is 4.74 Å². The maximum absolute atomic E-state index is 8.99. The third kappa shape index (κ3) is 1.99. The zero-order valence-electron chi connectivity index (χ0n) is 8.53. The fourth-order valence-electron chi connectivity index (χ4n) is 1.99. The molecule has 0 amide bonds. The molecule has 15 heavy (non-hydrogen) atoms. The molecule has 0 saturated carbocycles. The van der Waals surface area contributed by atoms with E-state index in [2.05, 4.69) is 6.07 Å². The van der Waals surface area contributed by atoms with E-state index in [0.717, 1.165) is 22.6 Å². The van der Waals surface area contributed by atoms with Crippen LogP contribution in [0.2, 0.25) is 5.02 Å². The number of hydrogen-bond acceptors (Lipinski definition) is 2. The van der Waals surface area contributed by atoms with Gasteiger partial charge in [-0.05, 0) is 36.6 Å². The molecule has 78 valence electrons. The molecule has 0 radical (unpaired) electrons. The molecule has 1 aromatic carbocycles. The van der Waals surface area contributed by atoms with E-state index < -0.39 is 0 Å². The highest BCUT2D eigenvalue weighted by atomic mass is 35.5. The number of hydrogen-bond donors (Lipinski definition) is 0. The SMILES string of the molecule is Cc1cc(Cl)ccc1C1OCCC1C#N. The first-order valence-corrected chi connectivity index (χ1v) is 5.37. The maximum Gasteiger partial charge on any atom is 0.0986 e. The van der Waals surface area contributed by atoms with Gasteiger partial charge in [0.25, 0.3) is 0 Å². The molecule has 0 aliphatic carbocycles. The predicted octanol–water partition coefficient (Wildman–Crippen LogP) is 3.25. The normalized spacial score (nSPS) is 25.1. The number of halogens is 1. The molecule has 1 aliphatic heterocycles. The van der Waals surface area contributed by atoms with Crippen molar-refractivity contribution in [2.24, 2.45) is 5.92 Å². The first kappa shape index (κ1) is 10.5. The molecular formula is C12H12ClNO. The Labute approximate surface area is 94.4 Å². The fraction of sp³-hybridized carbons (Fsp3) is 0.417. The van der Waals surface area contributed by atoms with Crippen LogP contribution in [0, 0.1) is 24.2 Å². The summed E-state index contributed by atoms with van der Waals surface area (Å²) in [5.74, 6) is -0.0233. The van der Waals surface area contributed by atoms with Gasteiger partial charge < -0.3 is 4.74 Å². The van der Waals surface area contributed by atoms with Gasteiger partial charge in [0.1, 0.15) is 0 Å². The highest BCUT2D eigenvalue weighted by molar-refractivity contribution is 6.30. The molecule has 1 aromatic rings. The van der Waals surface area contributed by atoms with Gasteiger partial charge in [-0.25, -0.2) is 0 Å². The highest BCUT2D eigenvalue weighted by Crippen LogP contribution is 2.36. The van der Waals surface area contributed by atoms with Crippen LogP contribution in [0.5, 0.6) is 0 Å². The molecule has 0 spiro atoms. The van der Waals surface area contributed by atoms with Crippen LogP contribution in [0.15, 0.2) is 18.2 Å². The van der Waals surface area contributed by atoms with Gasteiger partial charge in [-0.1, -0.05) is 17.7 Å². The molecule has 2 rings (SSSR count). The number of ether oxygens (including phenoxy) is 1. The van der Waals surface area contributed by atoms with E-state index >= 15 is 0 Å². The Morgan fingerprint density at radius 1 is 1.53 bits per heavy atom. The Balaban J connectivity index is 2.33. The minimum Gasteiger partial charge on any atom is -0.372 e. The van der Waals surface area contributed by atoms with Gasteiger partial charge >= 0.3 is 0 Å². The largest absolute Gasteiger partial charge is 0.372 e. The minimum atomic E-state index is -0.0766. The average molecular weight is 222 g/mol. The van der Waals surface area contributed by atoms with E-state index in [0.29, 0.717) is 6.61 Å². The summed E-state index contributed by atoms with van der Waals surface area (Å²) in [7, 11) is 0. The van der Waals surface area contributed by atoms with Crippen LogP contribution in [-0.4, -0.2) is 6.61 Å². The third-order valence-corrected chi connectivity index (χ3v) is 3.03. The monoisotopic (exact) mass is 221 g/mol. The van der Waals surface area contributed by atoms with Gasteiger partial charge in [0.05, 0.1) is 18.1 Å². The van der Waals surface area contributed by atoms with Crippen molar-refractivity contribution in [3.63, 3.8) is 0 Å². The van der Waals surface area contributed by atoms with Crippen molar-refractivity contribution in [1.82, 2.24) is 0 Å². The van der Waals surface area contributed by atoms with Crippen LogP contribution in [0.4, 0.5) is 0 Å². The Kier molecular flexibility index (Phi) is 2.95. The van der Waals surface area contributed by atoms with Gasteiger partial charge in [-0.2, -0.15) is 5.26 Å². The van der Waals surface area contributed by atoms with Crippen molar-refractivity contribution in [3.05, 3.63) is 34.3 Å². The first-order valence-electron chi connectivity index (χ1n) is 4.99. The highest BCUT2D eigenvalue weighted by Gasteiger charge is 2.30. The molecule has 0 bridgehead atoms. The quantitative estimate of drug-likeness (QED) is 0.729. The number of benzene rings is 1. The van der Waals surface area contributed by atoms with E-state index in [1.165, 1.54) is 0 Å². The second-order valence-electron chi connectivity index (χ2n) is 3.82. The minimum absolute atomic E-state index is 0.0233. The lowest BCUT2D eigenvalue weighted by Gasteiger charge is -2.15. The number of aryl methyl sites for hydroxylation is 1. The van der Waals surface area contributed by atoms with Crippen LogP contribution in [0.25, 0.3) is 0 Å². The van der Waals surface area contributed by atoms with Crippen molar-refractivity contribution >= 4 is 11.6 Å².